The van der Waals surface area contributed by atoms with Gasteiger partial charge in [-0.05, 0) is 33.2 Å². The monoisotopic (exact) mass is 272 g/mol. The van der Waals surface area contributed by atoms with Crippen molar-refractivity contribution in [2.75, 3.05) is 6.54 Å². The van der Waals surface area contributed by atoms with E-state index in [9.17, 15) is 0 Å². The highest BCUT2D eigenvalue weighted by Gasteiger charge is 2.10. The van der Waals surface area contributed by atoms with Crippen molar-refractivity contribution in [2.45, 2.75) is 6.04 Å². The van der Waals surface area contributed by atoms with Gasteiger partial charge >= 0.3 is 0 Å². The Hall–Kier alpha value is -1.61. The van der Waals surface area contributed by atoms with Gasteiger partial charge in [-0.1, -0.05) is 48.5 Å². The number of nitrogens with two attached hydrogens (primary N) is 2. The highest BCUT2D eigenvalue weighted by molar-refractivity contribution is 6.09. The molecular formula is C16H17ClN2. The maximum atomic E-state index is 6.13. The third-order valence-electron chi connectivity index (χ3n) is 3.45. The van der Waals surface area contributed by atoms with Gasteiger partial charge in [0.15, 0.2) is 0 Å². The Morgan fingerprint density at radius 3 is 2.11 bits per heavy atom. The van der Waals surface area contributed by atoms with Crippen molar-refractivity contribution in [3.05, 3.63) is 60.2 Å². The van der Waals surface area contributed by atoms with Crippen LogP contribution in [0, 0.1) is 0 Å². The largest absolute Gasteiger partial charge is 0.329 e. The van der Waals surface area contributed by atoms with Gasteiger partial charge in [-0.25, -0.2) is 0 Å². The first-order chi connectivity index (χ1) is 8.81. The summed E-state index contributed by atoms with van der Waals surface area (Å²) < 4.78 is 0. The van der Waals surface area contributed by atoms with Crippen molar-refractivity contribution in [3.8, 4) is 0 Å². The molecule has 0 unspecified atom stereocenters. The van der Waals surface area contributed by atoms with Gasteiger partial charge in [0.1, 0.15) is 0 Å². The first-order valence-electron chi connectivity index (χ1n) is 6.17. The van der Waals surface area contributed by atoms with E-state index in [1.165, 1.54) is 21.5 Å². The van der Waals surface area contributed by atoms with Crippen LogP contribution in [0.5, 0.6) is 0 Å². The molecule has 3 aromatic carbocycles. The molecule has 0 spiro atoms. The Balaban J connectivity index is 0.00000133. The van der Waals surface area contributed by atoms with Gasteiger partial charge in [0.2, 0.25) is 0 Å². The van der Waals surface area contributed by atoms with Crippen LogP contribution in [0.1, 0.15) is 11.6 Å². The van der Waals surface area contributed by atoms with E-state index in [4.69, 9.17) is 11.5 Å². The van der Waals surface area contributed by atoms with E-state index in [1.54, 1.807) is 0 Å². The van der Waals surface area contributed by atoms with E-state index in [-0.39, 0.29) is 18.4 Å². The van der Waals surface area contributed by atoms with Gasteiger partial charge in [0, 0.05) is 12.6 Å². The molecule has 0 heterocycles. The lowest BCUT2D eigenvalue weighted by atomic mass is 9.94. The summed E-state index contributed by atoms with van der Waals surface area (Å²) in [6.45, 7) is 0.461. The molecule has 98 valence electrons. The minimum atomic E-state index is -0.112. The first kappa shape index (κ1) is 13.8. The molecule has 2 nitrogen and oxygen atoms in total. The lowest BCUT2D eigenvalue weighted by Gasteiger charge is -2.15. The third kappa shape index (κ3) is 2.30. The zero-order valence-electron chi connectivity index (χ0n) is 10.5. The van der Waals surface area contributed by atoms with Gasteiger partial charge in [-0.15, -0.1) is 12.4 Å². The Morgan fingerprint density at radius 2 is 1.42 bits per heavy atom. The molecule has 0 aromatic heterocycles. The number of fused-ring (bicyclic) bond motifs is 3. The van der Waals surface area contributed by atoms with E-state index in [0.717, 1.165) is 5.56 Å². The summed E-state index contributed by atoms with van der Waals surface area (Å²) in [5.41, 5.74) is 13.0. The molecule has 0 radical (unpaired) electrons. The Morgan fingerprint density at radius 1 is 0.842 bits per heavy atom. The summed E-state index contributed by atoms with van der Waals surface area (Å²) >= 11 is 0. The summed E-state index contributed by atoms with van der Waals surface area (Å²) in [5, 5.41) is 4.93. The van der Waals surface area contributed by atoms with Gasteiger partial charge in [0.05, 0.1) is 0 Å². The topological polar surface area (TPSA) is 52.0 Å². The van der Waals surface area contributed by atoms with E-state index >= 15 is 0 Å². The number of hydrogen-bond donors (Lipinski definition) is 2. The second-order valence-corrected chi connectivity index (χ2v) is 4.57. The molecule has 0 aliphatic rings. The Bertz CT molecular complexity index is 709. The van der Waals surface area contributed by atoms with Crippen LogP contribution in [0.2, 0.25) is 0 Å². The molecule has 19 heavy (non-hydrogen) atoms. The van der Waals surface area contributed by atoms with Crippen LogP contribution < -0.4 is 11.5 Å². The zero-order valence-corrected chi connectivity index (χ0v) is 11.4. The minimum Gasteiger partial charge on any atom is -0.329 e. The number of halogens is 1. The zero-order chi connectivity index (χ0) is 12.5. The second-order valence-electron chi connectivity index (χ2n) is 4.57. The van der Waals surface area contributed by atoms with Crippen molar-refractivity contribution in [1.82, 2.24) is 0 Å². The molecular weight excluding hydrogens is 256 g/mol. The highest BCUT2D eigenvalue weighted by Crippen LogP contribution is 2.30. The average molecular weight is 273 g/mol. The summed E-state index contributed by atoms with van der Waals surface area (Å²) in [7, 11) is 0. The Labute approximate surface area is 118 Å². The number of benzene rings is 3. The summed E-state index contributed by atoms with van der Waals surface area (Å²) in [6, 6.07) is 18.8. The predicted molar refractivity (Wildman–Crippen MR) is 84.7 cm³/mol. The smallest absolute Gasteiger partial charge is 0.0425 e. The van der Waals surface area contributed by atoms with Crippen molar-refractivity contribution < 1.29 is 0 Å². The van der Waals surface area contributed by atoms with Crippen molar-refractivity contribution in [1.29, 1.82) is 0 Å². The third-order valence-corrected chi connectivity index (χ3v) is 3.45. The SMILES string of the molecule is Cl.NC[C@H](N)c1cc2ccccc2c2ccccc12. The lowest BCUT2D eigenvalue weighted by Crippen LogP contribution is -2.21. The van der Waals surface area contributed by atoms with Gasteiger partial charge in [0.25, 0.3) is 0 Å². The molecule has 3 rings (SSSR count). The molecule has 0 fully saturated rings. The van der Waals surface area contributed by atoms with Crippen LogP contribution in [-0.4, -0.2) is 6.54 Å². The molecule has 4 N–H and O–H groups in total. The van der Waals surface area contributed by atoms with Crippen LogP contribution in [0.4, 0.5) is 0 Å². The predicted octanol–water partition coefficient (Wildman–Crippen LogP) is 3.37. The van der Waals surface area contributed by atoms with Crippen LogP contribution in [0.3, 0.4) is 0 Å². The van der Waals surface area contributed by atoms with Gasteiger partial charge < -0.3 is 11.5 Å². The molecule has 0 bridgehead atoms. The molecule has 0 saturated carbocycles. The minimum absolute atomic E-state index is 0. The molecule has 0 saturated heterocycles. The fourth-order valence-electron chi connectivity index (χ4n) is 2.52. The molecule has 0 amide bonds. The molecule has 0 aliphatic carbocycles. The first-order valence-corrected chi connectivity index (χ1v) is 6.17. The second kappa shape index (κ2) is 5.57. The van der Waals surface area contributed by atoms with Crippen molar-refractivity contribution in [2.24, 2.45) is 11.5 Å². The summed E-state index contributed by atoms with van der Waals surface area (Å²) in [4.78, 5) is 0. The van der Waals surface area contributed by atoms with E-state index in [2.05, 4.69) is 48.5 Å². The Kier molecular flexibility index (Phi) is 4.05. The average Bonchev–Trinajstić information content (AvgIpc) is 2.45. The van der Waals surface area contributed by atoms with E-state index < -0.39 is 0 Å². The standard InChI is InChI=1S/C16H16N2.ClH/c17-10-16(18)15-9-11-5-1-2-6-12(11)13-7-3-4-8-14(13)15;/h1-9,16H,10,17-18H2;1H/t16-;/m0./s1. The van der Waals surface area contributed by atoms with Crippen molar-refractivity contribution >= 4 is 34.0 Å². The summed E-state index contributed by atoms with van der Waals surface area (Å²) in [5.74, 6) is 0. The maximum absolute atomic E-state index is 6.13. The molecule has 3 heteroatoms. The number of rotatable bonds is 2. The van der Waals surface area contributed by atoms with Crippen LogP contribution >= 0.6 is 12.4 Å². The molecule has 1 atom stereocenters. The highest BCUT2D eigenvalue weighted by atomic mass is 35.5. The number of hydrogen-bond acceptors (Lipinski definition) is 2. The van der Waals surface area contributed by atoms with E-state index in [0.29, 0.717) is 6.54 Å². The fraction of sp³-hybridized carbons (Fsp3) is 0.125. The maximum Gasteiger partial charge on any atom is 0.0425 e. The van der Waals surface area contributed by atoms with Gasteiger partial charge in [-0.3, -0.25) is 0 Å². The summed E-state index contributed by atoms with van der Waals surface area (Å²) in [6.07, 6.45) is 0. The fourth-order valence-corrected chi connectivity index (χ4v) is 2.52. The van der Waals surface area contributed by atoms with E-state index in [1.807, 2.05) is 6.07 Å². The lowest BCUT2D eigenvalue weighted by molar-refractivity contribution is 0.744. The normalized spacial score (nSPS) is 12.3. The molecule has 3 aromatic rings. The quantitative estimate of drug-likeness (QED) is 0.703. The van der Waals surface area contributed by atoms with Crippen LogP contribution in [0.15, 0.2) is 54.6 Å². The molecule has 0 aliphatic heterocycles. The van der Waals surface area contributed by atoms with Gasteiger partial charge in [-0.2, -0.15) is 0 Å². The van der Waals surface area contributed by atoms with Crippen LogP contribution in [0.25, 0.3) is 21.5 Å². The van der Waals surface area contributed by atoms with Crippen LogP contribution in [-0.2, 0) is 0 Å². The van der Waals surface area contributed by atoms with Crippen molar-refractivity contribution in [3.63, 3.8) is 0 Å².